The summed E-state index contributed by atoms with van der Waals surface area (Å²) in [7, 11) is 0. The lowest BCUT2D eigenvalue weighted by molar-refractivity contribution is -0.150. The highest BCUT2D eigenvalue weighted by molar-refractivity contribution is 5.90. The summed E-state index contributed by atoms with van der Waals surface area (Å²) in [4.78, 5) is 11.6. The maximum Gasteiger partial charge on any atom is 0.347 e. The number of ether oxygens (including phenoxy) is 2. The third-order valence-corrected chi connectivity index (χ3v) is 2.99. The van der Waals surface area contributed by atoms with E-state index in [1.165, 1.54) is 0 Å². The molecule has 0 spiro atoms. The van der Waals surface area contributed by atoms with Crippen molar-refractivity contribution in [3.63, 3.8) is 0 Å². The number of carbonyl (C=O) groups excluding carboxylic acids is 1. The van der Waals surface area contributed by atoms with Crippen molar-refractivity contribution in [2.75, 3.05) is 6.61 Å². The van der Waals surface area contributed by atoms with Crippen LogP contribution in [0.3, 0.4) is 0 Å². The quantitative estimate of drug-likeness (QED) is 0.788. The molecule has 0 aliphatic heterocycles. The first kappa shape index (κ1) is 13.4. The molecule has 0 aliphatic carbocycles. The molecule has 2 rings (SSSR count). The number of carbonyl (C=O) groups is 1. The molecule has 2 aromatic rings. The zero-order valence-corrected chi connectivity index (χ0v) is 11.5. The number of benzene rings is 2. The summed E-state index contributed by atoms with van der Waals surface area (Å²) < 4.78 is 10.8. The van der Waals surface area contributed by atoms with Crippen LogP contribution in [0.15, 0.2) is 36.4 Å². The summed E-state index contributed by atoms with van der Waals surface area (Å²) in [6, 6.07) is 12.0. The first-order chi connectivity index (χ1) is 9.13. The molecule has 0 unspecified atom stereocenters. The van der Waals surface area contributed by atoms with Crippen LogP contribution in [-0.2, 0) is 9.53 Å². The number of rotatable bonds is 4. The molecule has 2 aromatic carbocycles. The van der Waals surface area contributed by atoms with Crippen LogP contribution in [-0.4, -0.2) is 18.7 Å². The van der Waals surface area contributed by atoms with E-state index in [1.807, 2.05) is 43.3 Å². The van der Waals surface area contributed by atoms with Crippen molar-refractivity contribution in [3.8, 4) is 5.75 Å². The summed E-state index contributed by atoms with van der Waals surface area (Å²) in [6.07, 6.45) is -0.607. The van der Waals surface area contributed by atoms with Gasteiger partial charge in [0, 0.05) is 5.39 Å². The van der Waals surface area contributed by atoms with Gasteiger partial charge >= 0.3 is 5.97 Å². The Morgan fingerprint density at radius 3 is 2.68 bits per heavy atom. The summed E-state index contributed by atoms with van der Waals surface area (Å²) >= 11 is 0. The molecule has 0 saturated heterocycles. The van der Waals surface area contributed by atoms with Crippen LogP contribution in [0.5, 0.6) is 5.75 Å². The fourth-order valence-corrected chi connectivity index (χ4v) is 1.99. The van der Waals surface area contributed by atoms with Crippen LogP contribution in [0.1, 0.15) is 19.4 Å². The van der Waals surface area contributed by atoms with Gasteiger partial charge in [-0.15, -0.1) is 0 Å². The monoisotopic (exact) mass is 258 g/mol. The van der Waals surface area contributed by atoms with Crippen LogP contribution in [0.25, 0.3) is 10.8 Å². The molecule has 0 radical (unpaired) electrons. The predicted octanol–water partition coefficient (Wildman–Crippen LogP) is 3.48. The van der Waals surface area contributed by atoms with Crippen molar-refractivity contribution in [2.24, 2.45) is 0 Å². The molecule has 0 aromatic heterocycles. The van der Waals surface area contributed by atoms with E-state index in [0.29, 0.717) is 6.61 Å². The summed E-state index contributed by atoms with van der Waals surface area (Å²) in [6.45, 7) is 5.83. The van der Waals surface area contributed by atoms with Crippen molar-refractivity contribution < 1.29 is 14.3 Å². The van der Waals surface area contributed by atoms with Crippen LogP contribution in [0.2, 0.25) is 0 Å². The van der Waals surface area contributed by atoms with Crippen molar-refractivity contribution in [1.82, 2.24) is 0 Å². The molecular formula is C16H18O3. The largest absolute Gasteiger partial charge is 0.478 e. The summed E-state index contributed by atoms with van der Waals surface area (Å²) in [5, 5.41) is 2.11. The third kappa shape index (κ3) is 2.87. The van der Waals surface area contributed by atoms with Gasteiger partial charge in [-0.3, -0.25) is 0 Å². The number of esters is 1. The highest BCUT2D eigenvalue weighted by Gasteiger charge is 2.18. The summed E-state index contributed by atoms with van der Waals surface area (Å²) in [5.41, 5.74) is 1.01. The maximum absolute atomic E-state index is 11.6. The highest BCUT2D eigenvalue weighted by Crippen LogP contribution is 2.30. The van der Waals surface area contributed by atoms with Gasteiger partial charge in [-0.25, -0.2) is 4.79 Å². The molecule has 100 valence electrons. The average molecular weight is 258 g/mol. The van der Waals surface area contributed by atoms with E-state index in [-0.39, 0.29) is 5.97 Å². The summed E-state index contributed by atoms with van der Waals surface area (Å²) in [5.74, 6) is 0.411. The molecule has 1 atom stereocenters. The average Bonchev–Trinajstić information content (AvgIpc) is 2.42. The van der Waals surface area contributed by atoms with E-state index in [0.717, 1.165) is 22.1 Å². The van der Waals surface area contributed by atoms with Crippen molar-refractivity contribution in [3.05, 3.63) is 42.0 Å². The molecule has 0 aliphatic rings. The van der Waals surface area contributed by atoms with Gasteiger partial charge < -0.3 is 9.47 Å². The molecule has 3 nitrogen and oxygen atoms in total. The van der Waals surface area contributed by atoms with Gasteiger partial charge in [0.1, 0.15) is 5.75 Å². The normalized spacial score (nSPS) is 12.2. The van der Waals surface area contributed by atoms with Crippen molar-refractivity contribution >= 4 is 16.7 Å². The Morgan fingerprint density at radius 2 is 1.95 bits per heavy atom. The van der Waals surface area contributed by atoms with E-state index in [4.69, 9.17) is 9.47 Å². The second-order valence-electron chi connectivity index (χ2n) is 4.44. The number of fused-ring (bicyclic) bond motifs is 1. The minimum absolute atomic E-state index is 0.338. The Bertz CT molecular complexity index is 590. The molecule has 0 saturated carbocycles. The zero-order chi connectivity index (χ0) is 13.8. The van der Waals surface area contributed by atoms with Crippen LogP contribution >= 0.6 is 0 Å². The SMILES string of the molecule is CCOC(=O)[C@H](C)Oc1c(C)ccc2ccccc12. The minimum atomic E-state index is -0.607. The van der Waals surface area contributed by atoms with E-state index in [1.54, 1.807) is 13.8 Å². The second-order valence-corrected chi connectivity index (χ2v) is 4.44. The maximum atomic E-state index is 11.6. The minimum Gasteiger partial charge on any atom is -0.478 e. The van der Waals surface area contributed by atoms with Gasteiger partial charge in [0.2, 0.25) is 0 Å². The Balaban J connectivity index is 2.34. The first-order valence-corrected chi connectivity index (χ1v) is 6.45. The molecule has 0 bridgehead atoms. The number of hydrogen-bond acceptors (Lipinski definition) is 3. The molecule has 0 N–H and O–H groups in total. The molecule has 19 heavy (non-hydrogen) atoms. The fourth-order valence-electron chi connectivity index (χ4n) is 1.99. The number of hydrogen-bond donors (Lipinski definition) is 0. The Hall–Kier alpha value is -2.03. The van der Waals surface area contributed by atoms with Crippen molar-refractivity contribution in [1.29, 1.82) is 0 Å². The second kappa shape index (κ2) is 5.74. The van der Waals surface area contributed by atoms with Gasteiger partial charge in [-0.05, 0) is 31.7 Å². The van der Waals surface area contributed by atoms with Crippen LogP contribution in [0, 0.1) is 6.92 Å². The molecule has 0 amide bonds. The molecule has 0 fully saturated rings. The van der Waals surface area contributed by atoms with Gasteiger partial charge in [0.15, 0.2) is 6.10 Å². The van der Waals surface area contributed by atoms with Gasteiger partial charge in [0.25, 0.3) is 0 Å². The Morgan fingerprint density at radius 1 is 1.21 bits per heavy atom. The van der Waals surface area contributed by atoms with Gasteiger partial charge in [-0.1, -0.05) is 36.4 Å². The van der Waals surface area contributed by atoms with E-state index >= 15 is 0 Å². The number of aryl methyl sites for hydroxylation is 1. The van der Waals surface area contributed by atoms with Gasteiger partial charge in [0.05, 0.1) is 6.61 Å². The lowest BCUT2D eigenvalue weighted by Crippen LogP contribution is -2.26. The van der Waals surface area contributed by atoms with Crippen LogP contribution < -0.4 is 4.74 Å². The first-order valence-electron chi connectivity index (χ1n) is 6.45. The lowest BCUT2D eigenvalue weighted by Gasteiger charge is -2.17. The molecule has 3 heteroatoms. The molecular weight excluding hydrogens is 240 g/mol. The Labute approximate surface area is 113 Å². The van der Waals surface area contributed by atoms with Crippen LogP contribution in [0.4, 0.5) is 0 Å². The fraction of sp³-hybridized carbons (Fsp3) is 0.312. The van der Waals surface area contributed by atoms with E-state index < -0.39 is 6.10 Å². The molecule has 0 heterocycles. The predicted molar refractivity (Wildman–Crippen MR) is 75.4 cm³/mol. The van der Waals surface area contributed by atoms with Gasteiger partial charge in [-0.2, -0.15) is 0 Å². The topological polar surface area (TPSA) is 35.5 Å². The lowest BCUT2D eigenvalue weighted by atomic mass is 10.1. The highest BCUT2D eigenvalue weighted by atomic mass is 16.6. The Kier molecular flexibility index (Phi) is 4.05. The third-order valence-electron chi connectivity index (χ3n) is 2.99. The standard InChI is InChI=1S/C16H18O3/c1-4-18-16(17)12(3)19-15-11(2)9-10-13-7-5-6-8-14(13)15/h5-10,12H,4H2,1-3H3/t12-/m0/s1. The smallest absolute Gasteiger partial charge is 0.347 e. The van der Waals surface area contributed by atoms with E-state index in [2.05, 4.69) is 0 Å². The van der Waals surface area contributed by atoms with Crippen molar-refractivity contribution in [2.45, 2.75) is 26.9 Å². The zero-order valence-electron chi connectivity index (χ0n) is 11.5. The van der Waals surface area contributed by atoms with E-state index in [9.17, 15) is 4.79 Å².